The number of Topliss-reactive ketones (excluding diaryl/α,β-unsaturated/α-hetero) is 1. The molecule has 0 saturated carbocycles. The fourth-order valence-electron chi connectivity index (χ4n) is 4.47. The Hall–Kier alpha value is -5.92. The average Bonchev–Trinajstić information content (AvgIpc) is 3.67. The molecule has 1 unspecified atom stereocenters. The molecule has 2 amide bonds. The minimum atomic E-state index is -0.938. The van der Waals surface area contributed by atoms with Gasteiger partial charge in [0.1, 0.15) is 40.1 Å². The molecule has 2 aromatic heterocycles. The third-order valence-corrected chi connectivity index (χ3v) is 7.82. The molecule has 44 heavy (non-hydrogen) atoms. The fourth-order valence-corrected chi connectivity index (χ4v) is 5.59. The first-order valence-corrected chi connectivity index (χ1v) is 13.8. The summed E-state index contributed by atoms with van der Waals surface area (Å²) in [6.45, 7) is -0.477. The first-order valence-electron chi connectivity index (χ1n) is 12.9. The Morgan fingerprint density at radius 3 is 2.34 bits per heavy atom. The predicted octanol–water partition coefficient (Wildman–Crippen LogP) is 4.14. The second kappa shape index (κ2) is 12.5. The summed E-state index contributed by atoms with van der Waals surface area (Å²) in [5.74, 6) is -1.56. The van der Waals surface area contributed by atoms with Gasteiger partial charge in [-0.05, 0) is 60.7 Å². The van der Waals surface area contributed by atoms with Crippen molar-refractivity contribution < 1.29 is 33.1 Å². The van der Waals surface area contributed by atoms with E-state index in [1.54, 1.807) is 36.4 Å². The number of rotatable bonds is 9. The molecule has 4 aromatic rings. The largest absolute Gasteiger partial charge is 0.497 e. The van der Waals surface area contributed by atoms with Crippen LogP contribution in [0, 0.1) is 22.7 Å². The number of hydrogen-bond donors (Lipinski definition) is 1. The lowest BCUT2D eigenvalue weighted by molar-refractivity contribution is -0.121. The van der Waals surface area contributed by atoms with Crippen LogP contribution in [0.1, 0.15) is 38.3 Å². The number of ketones is 1. The van der Waals surface area contributed by atoms with Crippen molar-refractivity contribution in [3.63, 3.8) is 0 Å². The molecule has 1 atom stereocenters. The van der Waals surface area contributed by atoms with Crippen molar-refractivity contribution in [3.8, 4) is 29.2 Å². The summed E-state index contributed by atoms with van der Waals surface area (Å²) in [4.78, 5) is 56.3. The zero-order valence-electron chi connectivity index (χ0n) is 23.0. The van der Waals surface area contributed by atoms with Crippen LogP contribution >= 0.6 is 11.8 Å². The van der Waals surface area contributed by atoms with Crippen molar-refractivity contribution in [1.29, 1.82) is 10.5 Å². The van der Waals surface area contributed by atoms with E-state index < -0.39 is 35.4 Å². The molecule has 0 radical (unpaired) electrons. The van der Waals surface area contributed by atoms with Gasteiger partial charge in [-0.25, -0.2) is 14.7 Å². The van der Waals surface area contributed by atoms with E-state index in [0.29, 0.717) is 11.3 Å². The van der Waals surface area contributed by atoms with Crippen molar-refractivity contribution in [1.82, 2.24) is 4.98 Å². The molecule has 5 rings (SSSR count). The second-order valence-electron chi connectivity index (χ2n) is 9.28. The van der Waals surface area contributed by atoms with Crippen molar-refractivity contribution >= 4 is 46.8 Å². The number of hydrogen-bond acceptors (Lipinski definition) is 12. The average molecular weight is 608 g/mol. The molecule has 1 saturated heterocycles. The van der Waals surface area contributed by atoms with Crippen LogP contribution in [0.25, 0.3) is 11.3 Å². The number of amides is 2. The number of nitrogens with two attached hydrogens (primary N) is 1. The Balaban J connectivity index is 1.29. The number of benzene rings is 2. The Morgan fingerprint density at radius 1 is 1.05 bits per heavy atom. The molecule has 0 spiro atoms. The number of furan rings is 1. The number of pyridine rings is 1. The summed E-state index contributed by atoms with van der Waals surface area (Å²) < 4.78 is 15.6. The van der Waals surface area contributed by atoms with Crippen molar-refractivity contribution in [3.05, 3.63) is 89.2 Å². The van der Waals surface area contributed by atoms with E-state index in [0.717, 1.165) is 16.7 Å². The number of imide groups is 1. The quantitative estimate of drug-likeness (QED) is 0.163. The summed E-state index contributed by atoms with van der Waals surface area (Å²) in [7, 11) is 1.51. The highest BCUT2D eigenvalue weighted by Crippen LogP contribution is 2.40. The standard InChI is InChI=1S/C31H21N5O7S/c1-41-20-10-6-17(7-11-20)23(37)16-43-31(40)18-4-8-19(9-5-18)36-26(38)13-25(30(36)39)44-29-22(15-33)27(24-3-2-12-42-24)21(14-32)28(34)35-29/h2-12,25H,13,16H2,1H3,(H2,34,35). The Labute approximate surface area is 254 Å². The van der Waals surface area contributed by atoms with Crippen LogP contribution in [0.15, 0.2) is 76.4 Å². The molecule has 1 fully saturated rings. The molecule has 0 aliphatic carbocycles. The van der Waals surface area contributed by atoms with E-state index in [1.165, 1.54) is 37.6 Å². The second-order valence-corrected chi connectivity index (χ2v) is 10.5. The maximum Gasteiger partial charge on any atom is 0.338 e. The molecule has 12 nitrogen and oxygen atoms in total. The molecule has 2 N–H and O–H groups in total. The number of carbonyl (C=O) groups excluding carboxylic acids is 4. The van der Waals surface area contributed by atoms with E-state index in [2.05, 4.69) is 4.98 Å². The zero-order valence-corrected chi connectivity index (χ0v) is 23.8. The van der Waals surface area contributed by atoms with E-state index in [4.69, 9.17) is 19.6 Å². The number of esters is 1. The van der Waals surface area contributed by atoms with Crippen LogP contribution in [0.4, 0.5) is 11.5 Å². The van der Waals surface area contributed by atoms with Gasteiger partial charge in [-0.15, -0.1) is 0 Å². The van der Waals surface area contributed by atoms with Gasteiger partial charge in [-0.2, -0.15) is 10.5 Å². The summed E-state index contributed by atoms with van der Waals surface area (Å²) in [6.07, 6.45) is 1.19. The molecule has 1 aliphatic heterocycles. The number of thioether (sulfide) groups is 1. The number of ether oxygens (including phenoxy) is 2. The number of nitriles is 2. The maximum absolute atomic E-state index is 13.3. The van der Waals surface area contributed by atoms with Crippen LogP contribution in [-0.4, -0.2) is 47.5 Å². The number of nitrogens with zero attached hydrogens (tertiary/aromatic N) is 4. The molecule has 0 bridgehead atoms. The highest BCUT2D eigenvalue weighted by molar-refractivity contribution is 8.00. The van der Waals surface area contributed by atoms with Crippen LogP contribution in [0.5, 0.6) is 5.75 Å². The number of aromatic nitrogens is 1. The molecule has 3 heterocycles. The summed E-state index contributed by atoms with van der Waals surface area (Å²) in [5.41, 5.74) is 6.80. The Morgan fingerprint density at radius 2 is 1.73 bits per heavy atom. The normalized spacial score (nSPS) is 14.2. The van der Waals surface area contributed by atoms with E-state index in [-0.39, 0.29) is 51.0 Å². The van der Waals surface area contributed by atoms with Crippen molar-refractivity contribution in [2.75, 3.05) is 24.4 Å². The highest BCUT2D eigenvalue weighted by atomic mass is 32.2. The molecule has 2 aromatic carbocycles. The third kappa shape index (κ3) is 5.72. The Bertz CT molecular complexity index is 1860. The summed E-state index contributed by atoms with van der Waals surface area (Å²) >= 11 is 0.885. The van der Waals surface area contributed by atoms with Gasteiger partial charge in [0.2, 0.25) is 11.8 Å². The van der Waals surface area contributed by atoms with E-state index in [9.17, 15) is 29.7 Å². The van der Waals surface area contributed by atoms with Crippen molar-refractivity contribution in [2.45, 2.75) is 16.7 Å². The molecule has 13 heteroatoms. The predicted molar refractivity (Wildman–Crippen MR) is 157 cm³/mol. The number of methoxy groups -OCH3 is 1. The smallest absolute Gasteiger partial charge is 0.338 e. The van der Waals surface area contributed by atoms with Gasteiger partial charge in [-0.3, -0.25) is 14.4 Å². The van der Waals surface area contributed by atoms with Gasteiger partial charge in [0.25, 0.3) is 0 Å². The first-order chi connectivity index (χ1) is 21.2. The van der Waals surface area contributed by atoms with Crippen LogP contribution in [0.3, 0.4) is 0 Å². The molecule has 218 valence electrons. The fraction of sp³-hybridized carbons (Fsp3) is 0.129. The minimum absolute atomic E-state index is 0.0114. The monoisotopic (exact) mass is 607 g/mol. The number of anilines is 2. The lowest BCUT2D eigenvalue weighted by atomic mass is 10.0. The van der Waals surface area contributed by atoms with Crippen molar-refractivity contribution in [2.24, 2.45) is 0 Å². The van der Waals surface area contributed by atoms with Crippen LogP contribution in [-0.2, 0) is 14.3 Å². The van der Waals surface area contributed by atoms with Gasteiger partial charge in [0.05, 0.1) is 41.0 Å². The minimum Gasteiger partial charge on any atom is -0.497 e. The number of nitrogen functional groups attached to an aromatic ring is 1. The molecule has 1 aliphatic rings. The lowest BCUT2D eigenvalue weighted by Crippen LogP contribution is -2.31. The molecular weight excluding hydrogens is 586 g/mol. The van der Waals surface area contributed by atoms with Gasteiger partial charge in [0, 0.05) is 12.0 Å². The van der Waals surface area contributed by atoms with Gasteiger partial charge >= 0.3 is 5.97 Å². The van der Waals surface area contributed by atoms with E-state index >= 15 is 0 Å². The van der Waals surface area contributed by atoms with Gasteiger partial charge in [-0.1, -0.05) is 11.8 Å². The lowest BCUT2D eigenvalue weighted by Gasteiger charge is -2.16. The highest BCUT2D eigenvalue weighted by Gasteiger charge is 2.41. The van der Waals surface area contributed by atoms with Gasteiger partial charge in [0.15, 0.2) is 12.4 Å². The van der Waals surface area contributed by atoms with E-state index in [1.807, 2.05) is 12.1 Å². The first kappa shape index (κ1) is 29.6. The summed E-state index contributed by atoms with van der Waals surface area (Å²) in [6, 6.07) is 19.1. The summed E-state index contributed by atoms with van der Waals surface area (Å²) in [5, 5.41) is 18.7. The maximum atomic E-state index is 13.3. The van der Waals surface area contributed by atoms with Crippen LogP contribution < -0.4 is 15.4 Å². The SMILES string of the molecule is COc1ccc(C(=O)COC(=O)c2ccc(N3C(=O)CC(Sc4nc(N)c(C#N)c(-c5ccco5)c4C#N)C3=O)cc2)cc1. The third-order valence-electron chi connectivity index (χ3n) is 6.65. The molecular formula is C31H21N5O7S. The number of carbonyl (C=O) groups is 4. The van der Waals surface area contributed by atoms with Gasteiger partial charge < -0.3 is 19.6 Å². The topological polar surface area (TPSA) is 190 Å². The van der Waals surface area contributed by atoms with Crippen LogP contribution in [0.2, 0.25) is 0 Å². The Kier molecular flexibility index (Phi) is 8.42. The zero-order chi connectivity index (χ0) is 31.4.